The Labute approximate surface area is 117 Å². The van der Waals surface area contributed by atoms with Crippen molar-refractivity contribution in [3.63, 3.8) is 0 Å². The fraction of sp³-hybridized carbons (Fsp3) is 0.500. The highest BCUT2D eigenvalue weighted by molar-refractivity contribution is 6.30. The van der Waals surface area contributed by atoms with Gasteiger partial charge in [0.05, 0.1) is 5.02 Å². The Morgan fingerprint density at radius 2 is 2.26 bits per heavy atom. The molecule has 5 heteroatoms. The van der Waals surface area contributed by atoms with Gasteiger partial charge in [0.1, 0.15) is 5.82 Å². The quantitative estimate of drug-likeness (QED) is 0.927. The van der Waals surface area contributed by atoms with E-state index in [2.05, 4.69) is 0 Å². The maximum absolute atomic E-state index is 13.4. The minimum atomic E-state index is -0.567. The molecule has 0 radical (unpaired) electrons. The van der Waals surface area contributed by atoms with Gasteiger partial charge in [-0.15, -0.1) is 0 Å². The van der Waals surface area contributed by atoms with Crippen LogP contribution in [0.15, 0.2) is 18.2 Å². The van der Waals surface area contributed by atoms with Crippen molar-refractivity contribution in [3.05, 3.63) is 34.6 Å². The lowest BCUT2D eigenvalue weighted by atomic mass is 10.0. The molecule has 1 aromatic carbocycles. The van der Waals surface area contributed by atoms with Crippen LogP contribution in [-0.4, -0.2) is 30.4 Å². The summed E-state index contributed by atoms with van der Waals surface area (Å²) in [5.74, 6) is -0.408. The predicted octanol–water partition coefficient (Wildman–Crippen LogP) is 2.68. The molecule has 0 spiro atoms. The SMILES string of the molecule is CN(C(=O)c1ccc(Cl)c(F)c1)C1CCCC1CN. The summed E-state index contributed by atoms with van der Waals surface area (Å²) in [6, 6.07) is 4.30. The summed E-state index contributed by atoms with van der Waals surface area (Å²) in [5, 5.41) is 0.0277. The molecule has 0 aromatic heterocycles. The molecular weight excluding hydrogens is 267 g/mol. The molecule has 1 amide bonds. The van der Waals surface area contributed by atoms with E-state index < -0.39 is 5.82 Å². The van der Waals surface area contributed by atoms with Crippen LogP contribution in [-0.2, 0) is 0 Å². The summed E-state index contributed by atoms with van der Waals surface area (Å²) in [6.45, 7) is 0.581. The monoisotopic (exact) mass is 284 g/mol. The van der Waals surface area contributed by atoms with E-state index in [1.165, 1.54) is 12.1 Å². The standard InChI is InChI=1S/C14H18ClFN2O/c1-18(13-4-2-3-10(13)8-17)14(19)9-5-6-11(15)12(16)7-9/h5-7,10,13H,2-4,8,17H2,1H3. The van der Waals surface area contributed by atoms with Gasteiger partial charge in [0, 0.05) is 18.7 Å². The molecule has 0 aliphatic heterocycles. The first-order valence-corrected chi connectivity index (χ1v) is 6.84. The third kappa shape index (κ3) is 2.90. The van der Waals surface area contributed by atoms with Crippen molar-refractivity contribution < 1.29 is 9.18 Å². The van der Waals surface area contributed by atoms with Gasteiger partial charge in [0.15, 0.2) is 0 Å². The minimum Gasteiger partial charge on any atom is -0.338 e. The summed E-state index contributed by atoms with van der Waals surface area (Å²) >= 11 is 5.62. The van der Waals surface area contributed by atoms with Crippen molar-refractivity contribution in [2.24, 2.45) is 11.7 Å². The maximum Gasteiger partial charge on any atom is 0.253 e. The molecule has 3 nitrogen and oxygen atoms in total. The zero-order chi connectivity index (χ0) is 14.0. The van der Waals surface area contributed by atoms with E-state index in [1.54, 1.807) is 18.0 Å². The van der Waals surface area contributed by atoms with Crippen molar-refractivity contribution in [1.82, 2.24) is 4.90 Å². The van der Waals surface area contributed by atoms with E-state index in [1.807, 2.05) is 0 Å². The van der Waals surface area contributed by atoms with Gasteiger partial charge in [-0.1, -0.05) is 18.0 Å². The third-order valence-electron chi connectivity index (χ3n) is 3.91. The molecule has 0 bridgehead atoms. The summed E-state index contributed by atoms with van der Waals surface area (Å²) in [6.07, 6.45) is 3.09. The lowest BCUT2D eigenvalue weighted by molar-refractivity contribution is 0.0699. The van der Waals surface area contributed by atoms with Crippen molar-refractivity contribution in [2.45, 2.75) is 25.3 Å². The highest BCUT2D eigenvalue weighted by Crippen LogP contribution is 2.29. The minimum absolute atomic E-state index is 0.0277. The average Bonchev–Trinajstić information content (AvgIpc) is 2.88. The molecule has 104 valence electrons. The number of amides is 1. The first kappa shape index (κ1) is 14.3. The number of carbonyl (C=O) groups excluding carboxylic acids is 1. The van der Waals surface area contributed by atoms with Gasteiger partial charge in [0.2, 0.25) is 0 Å². The fourth-order valence-electron chi connectivity index (χ4n) is 2.79. The van der Waals surface area contributed by atoms with Gasteiger partial charge < -0.3 is 10.6 Å². The molecule has 19 heavy (non-hydrogen) atoms. The predicted molar refractivity (Wildman–Crippen MR) is 73.7 cm³/mol. The van der Waals surface area contributed by atoms with Gasteiger partial charge in [-0.3, -0.25) is 4.79 Å². The van der Waals surface area contributed by atoms with Crippen molar-refractivity contribution in [3.8, 4) is 0 Å². The number of nitrogens with two attached hydrogens (primary N) is 1. The van der Waals surface area contributed by atoms with Crippen LogP contribution in [0.1, 0.15) is 29.6 Å². The smallest absolute Gasteiger partial charge is 0.253 e. The summed E-state index contributed by atoms with van der Waals surface area (Å²) in [4.78, 5) is 14.0. The van der Waals surface area contributed by atoms with E-state index in [4.69, 9.17) is 17.3 Å². The van der Waals surface area contributed by atoms with Gasteiger partial charge in [-0.25, -0.2) is 4.39 Å². The fourth-order valence-corrected chi connectivity index (χ4v) is 2.90. The number of benzene rings is 1. The Kier molecular flexibility index (Phi) is 4.42. The molecule has 2 N–H and O–H groups in total. The summed E-state index contributed by atoms with van der Waals surface area (Å²) in [7, 11) is 1.76. The normalized spacial score (nSPS) is 22.5. The lowest BCUT2D eigenvalue weighted by Crippen LogP contribution is -2.41. The van der Waals surface area contributed by atoms with Crippen molar-refractivity contribution in [1.29, 1.82) is 0 Å². The Hall–Kier alpha value is -1.13. The number of hydrogen-bond acceptors (Lipinski definition) is 2. The second kappa shape index (κ2) is 5.88. The molecule has 1 fully saturated rings. The number of nitrogens with zero attached hydrogens (tertiary/aromatic N) is 1. The number of halogens is 2. The number of rotatable bonds is 3. The first-order chi connectivity index (χ1) is 9.04. The van der Waals surface area contributed by atoms with E-state index in [0.29, 0.717) is 18.0 Å². The first-order valence-electron chi connectivity index (χ1n) is 6.47. The topological polar surface area (TPSA) is 46.3 Å². The third-order valence-corrected chi connectivity index (χ3v) is 4.21. The lowest BCUT2D eigenvalue weighted by Gasteiger charge is -2.29. The molecule has 2 atom stereocenters. The molecule has 0 saturated heterocycles. The van der Waals surface area contributed by atoms with E-state index >= 15 is 0 Å². The van der Waals surface area contributed by atoms with Crippen LogP contribution in [0.25, 0.3) is 0 Å². The Balaban J connectivity index is 2.16. The zero-order valence-corrected chi connectivity index (χ0v) is 11.7. The number of hydrogen-bond donors (Lipinski definition) is 1. The van der Waals surface area contributed by atoms with E-state index in [9.17, 15) is 9.18 Å². The van der Waals surface area contributed by atoms with E-state index in [-0.39, 0.29) is 17.0 Å². The van der Waals surface area contributed by atoms with Crippen LogP contribution in [0.2, 0.25) is 5.02 Å². The average molecular weight is 285 g/mol. The Morgan fingerprint density at radius 1 is 1.53 bits per heavy atom. The molecular formula is C14H18ClFN2O. The molecule has 1 aliphatic carbocycles. The van der Waals surface area contributed by atoms with E-state index in [0.717, 1.165) is 19.3 Å². The Morgan fingerprint density at radius 3 is 2.89 bits per heavy atom. The highest BCUT2D eigenvalue weighted by Gasteiger charge is 2.32. The largest absolute Gasteiger partial charge is 0.338 e. The molecule has 1 aromatic rings. The van der Waals surface area contributed by atoms with Crippen LogP contribution in [0.3, 0.4) is 0 Å². The summed E-state index contributed by atoms with van der Waals surface area (Å²) in [5.41, 5.74) is 6.06. The Bertz CT molecular complexity index is 481. The van der Waals surface area contributed by atoms with Crippen LogP contribution in [0.5, 0.6) is 0 Å². The molecule has 2 rings (SSSR count). The van der Waals surface area contributed by atoms with Gasteiger partial charge >= 0.3 is 0 Å². The van der Waals surface area contributed by atoms with Crippen LogP contribution >= 0.6 is 11.6 Å². The highest BCUT2D eigenvalue weighted by atomic mass is 35.5. The second-order valence-corrected chi connectivity index (χ2v) is 5.45. The van der Waals surface area contributed by atoms with Gasteiger partial charge in [0.25, 0.3) is 5.91 Å². The zero-order valence-electron chi connectivity index (χ0n) is 10.9. The van der Waals surface area contributed by atoms with Crippen molar-refractivity contribution >= 4 is 17.5 Å². The number of carbonyl (C=O) groups is 1. The maximum atomic E-state index is 13.4. The van der Waals surface area contributed by atoms with Crippen molar-refractivity contribution in [2.75, 3.05) is 13.6 Å². The molecule has 1 aliphatic rings. The summed E-state index contributed by atoms with van der Waals surface area (Å²) < 4.78 is 13.4. The molecule has 1 saturated carbocycles. The molecule has 2 unspecified atom stereocenters. The van der Waals surface area contributed by atoms with Crippen LogP contribution in [0.4, 0.5) is 4.39 Å². The van der Waals surface area contributed by atoms with Gasteiger partial charge in [-0.05, 0) is 43.5 Å². The van der Waals surface area contributed by atoms with Crippen LogP contribution < -0.4 is 5.73 Å². The van der Waals surface area contributed by atoms with Crippen LogP contribution in [0, 0.1) is 11.7 Å². The van der Waals surface area contributed by atoms with Gasteiger partial charge in [-0.2, -0.15) is 0 Å². The molecule has 0 heterocycles. The second-order valence-electron chi connectivity index (χ2n) is 5.04.